The van der Waals surface area contributed by atoms with Crippen LogP contribution in [0.4, 0.5) is 0 Å². The molecule has 1 aliphatic rings. The maximum atomic E-state index is 3.74. The summed E-state index contributed by atoms with van der Waals surface area (Å²) < 4.78 is 1.23. The topological polar surface area (TPSA) is 15.3 Å². The highest BCUT2D eigenvalue weighted by atomic mass is 79.9. The molecule has 0 aliphatic heterocycles. The second-order valence-corrected chi connectivity index (χ2v) is 7.56. The molecule has 0 atom stereocenters. The second-order valence-electron chi connectivity index (χ2n) is 5.67. The lowest BCUT2D eigenvalue weighted by Crippen LogP contribution is -2.24. The average molecular weight is 365 g/mol. The average Bonchev–Trinajstić information content (AvgIpc) is 3.19. The van der Waals surface area contributed by atoms with E-state index in [4.69, 9.17) is 0 Å². The van der Waals surface area contributed by atoms with Gasteiger partial charge >= 0.3 is 0 Å². The van der Waals surface area contributed by atoms with Crippen molar-refractivity contribution in [2.24, 2.45) is 0 Å². The molecule has 1 saturated carbocycles. The minimum absolute atomic E-state index is 0.774. The van der Waals surface area contributed by atoms with E-state index in [0.29, 0.717) is 0 Å². The number of thiophene rings is 1. The van der Waals surface area contributed by atoms with Crippen LogP contribution in [-0.4, -0.2) is 18.0 Å². The highest BCUT2D eigenvalue weighted by Crippen LogP contribution is 2.32. The molecule has 0 unspecified atom stereocenters. The Morgan fingerprint density at radius 2 is 2.14 bits per heavy atom. The summed E-state index contributed by atoms with van der Waals surface area (Å²) in [5.74, 6) is 0. The van der Waals surface area contributed by atoms with E-state index in [1.54, 1.807) is 0 Å². The van der Waals surface area contributed by atoms with Gasteiger partial charge in [0.25, 0.3) is 0 Å². The maximum absolute atomic E-state index is 3.74. The van der Waals surface area contributed by atoms with Crippen molar-refractivity contribution in [2.75, 3.05) is 7.05 Å². The van der Waals surface area contributed by atoms with Crippen LogP contribution in [0.1, 0.15) is 28.8 Å². The zero-order valence-corrected chi connectivity index (χ0v) is 14.7. The number of benzene rings is 1. The van der Waals surface area contributed by atoms with Crippen molar-refractivity contribution in [3.63, 3.8) is 0 Å². The van der Waals surface area contributed by atoms with Gasteiger partial charge in [0.05, 0.1) is 0 Å². The highest BCUT2D eigenvalue weighted by molar-refractivity contribution is 9.10. The molecule has 21 heavy (non-hydrogen) atoms. The lowest BCUT2D eigenvalue weighted by Gasteiger charge is -2.22. The number of nitrogens with one attached hydrogen (secondary N) is 1. The van der Waals surface area contributed by atoms with E-state index >= 15 is 0 Å². The molecule has 1 fully saturated rings. The Morgan fingerprint density at radius 3 is 2.76 bits per heavy atom. The molecule has 1 aromatic heterocycles. The van der Waals surface area contributed by atoms with Crippen LogP contribution >= 0.6 is 27.3 Å². The van der Waals surface area contributed by atoms with Gasteiger partial charge < -0.3 is 5.32 Å². The summed E-state index contributed by atoms with van der Waals surface area (Å²) >= 11 is 5.60. The summed E-state index contributed by atoms with van der Waals surface area (Å²) in [6.07, 6.45) is 2.70. The molecule has 1 N–H and O–H groups in total. The number of hydrogen-bond donors (Lipinski definition) is 1. The molecule has 0 bridgehead atoms. The smallest absolute Gasteiger partial charge is 0.0334 e. The summed E-state index contributed by atoms with van der Waals surface area (Å²) in [6, 6.07) is 11.9. The van der Waals surface area contributed by atoms with E-state index < -0.39 is 0 Å². The third-order valence-electron chi connectivity index (χ3n) is 3.87. The largest absolute Gasteiger partial charge is 0.316 e. The van der Waals surface area contributed by atoms with Gasteiger partial charge in [0.2, 0.25) is 0 Å². The lowest BCUT2D eigenvalue weighted by atomic mass is 10.1. The highest BCUT2D eigenvalue weighted by Gasteiger charge is 2.29. The molecule has 1 heterocycles. The van der Waals surface area contributed by atoms with Gasteiger partial charge in [-0.15, -0.1) is 11.3 Å². The maximum Gasteiger partial charge on any atom is 0.0334 e. The third kappa shape index (κ3) is 4.16. The van der Waals surface area contributed by atoms with Crippen LogP contribution < -0.4 is 5.32 Å². The van der Waals surface area contributed by atoms with Crippen LogP contribution in [0.3, 0.4) is 0 Å². The van der Waals surface area contributed by atoms with Crippen molar-refractivity contribution < 1.29 is 0 Å². The minimum Gasteiger partial charge on any atom is -0.316 e. The Hall–Kier alpha value is -0.680. The summed E-state index contributed by atoms with van der Waals surface area (Å²) in [6.45, 7) is 3.02. The van der Waals surface area contributed by atoms with Gasteiger partial charge in [-0.05, 0) is 48.5 Å². The standard InChI is InChI=1S/C17H21BrN2S/c1-19-10-13-4-5-14(17(18)9-13)11-20(15-6-7-15)12-16-3-2-8-21-16/h2-5,8-9,15,19H,6-7,10-12H2,1H3. The molecule has 112 valence electrons. The fraction of sp³-hybridized carbons (Fsp3) is 0.412. The van der Waals surface area contributed by atoms with Crippen LogP contribution in [0.15, 0.2) is 40.2 Å². The van der Waals surface area contributed by atoms with Gasteiger partial charge in [-0.3, -0.25) is 4.90 Å². The molecular formula is C17H21BrN2S. The quantitative estimate of drug-likeness (QED) is 0.783. The predicted octanol–water partition coefficient (Wildman–Crippen LogP) is 4.39. The van der Waals surface area contributed by atoms with E-state index in [1.165, 1.54) is 33.3 Å². The summed E-state index contributed by atoms with van der Waals surface area (Å²) in [5, 5.41) is 5.37. The van der Waals surface area contributed by atoms with Crippen molar-refractivity contribution in [1.82, 2.24) is 10.2 Å². The molecule has 1 aliphatic carbocycles. The van der Waals surface area contributed by atoms with Gasteiger partial charge in [0.15, 0.2) is 0 Å². The number of halogens is 1. The third-order valence-corrected chi connectivity index (χ3v) is 5.47. The van der Waals surface area contributed by atoms with E-state index in [2.05, 4.69) is 61.9 Å². The molecule has 0 amide bonds. The molecular weight excluding hydrogens is 344 g/mol. The minimum atomic E-state index is 0.774. The van der Waals surface area contributed by atoms with Gasteiger partial charge in [0, 0.05) is 35.0 Å². The molecule has 3 rings (SSSR count). The molecule has 0 spiro atoms. The normalized spacial score (nSPS) is 14.8. The Morgan fingerprint density at radius 1 is 1.29 bits per heavy atom. The van der Waals surface area contributed by atoms with E-state index in [0.717, 1.165) is 25.7 Å². The second kappa shape index (κ2) is 7.05. The summed E-state index contributed by atoms with van der Waals surface area (Å²) in [5.41, 5.74) is 2.71. The van der Waals surface area contributed by atoms with Gasteiger partial charge in [-0.1, -0.05) is 34.1 Å². The van der Waals surface area contributed by atoms with Crippen LogP contribution in [-0.2, 0) is 19.6 Å². The fourth-order valence-electron chi connectivity index (χ4n) is 2.61. The van der Waals surface area contributed by atoms with Gasteiger partial charge in [0.1, 0.15) is 0 Å². The number of hydrogen-bond acceptors (Lipinski definition) is 3. The molecule has 1 aromatic carbocycles. The van der Waals surface area contributed by atoms with Crippen molar-refractivity contribution in [3.8, 4) is 0 Å². The molecule has 0 saturated heterocycles. The van der Waals surface area contributed by atoms with E-state index in [9.17, 15) is 0 Å². The Bertz CT molecular complexity index is 578. The van der Waals surface area contributed by atoms with Crippen LogP contribution in [0.5, 0.6) is 0 Å². The Labute approximate surface area is 139 Å². The van der Waals surface area contributed by atoms with Crippen molar-refractivity contribution in [2.45, 2.75) is 38.5 Å². The first-order valence-electron chi connectivity index (χ1n) is 7.44. The van der Waals surface area contributed by atoms with Crippen LogP contribution in [0, 0.1) is 0 Å². The first-order chi connectivity index (χ1) is 10.3. The Balaban J connectivity index is 1.70. The van der Waals surface area contributed by atoms with E-state index in [-0.39, 0.29) is 0 Å². The fourth-order valence-corrected chi connectivity index (χ4v) is 3.89. The zero-order valence-electron chi connectivity index (χ0n) is 12.3. The zero-order chi connectivity index (χ0) is 14.7. The van der Waals surface area contributed by atoms with Gasteiger partial charge in [-0.25, -0.2) is 0 Å². The van der Waals surface area contributed by atoms with Crippen molar-refractivity contribution in [1.29, 1.82) is 0 Å². The van der Waals surface area contributed by atoms with E-state index in [1.807, 2.05) is 18.4 Å². The molecule has 0 radical (unpaired) electrons. The van der Waals surface area contributed by atoms with Crippen LogP contribution in [0.25, 0.3) is 0 Å². The van der Waals surface area contributed by atoms with Crippen molar-refractivity contribution >= 4 is 27.3 Å². The van der Waals surface area contributed by atoms with Crippen LogP contribution in [0.2, 0.25) is 0 Å². The summed E-state index contributed by atoms with van der Waals surface area (Å²) in [4.78, 5) is 4.08. The SMILES string of the molecule is CNCc1ccc(CN(Cc2cccs2)C2CC2)c(Br)c1. The van der Waals surface area contributed by atoms with Crippen molar-refractivity contribution in [3.05, 3.63) is 56.2 Å². The molecule has 4 heteroatoms. The monoisotopic (exact) mass is 364 g/mol. The Kier molecular flexibility index (Phi) is 5.11. The number of nitrogens with zero attached hydrogens (tertiary/aromatic N) is 1. The molecule has 2 aromatic rings. The van der Waals surface area contributed by atoms with Gasteiger partial charge in [-0.2, -0.15) is 0 Å². The first-order valence-corrected chi connectivity index (χ1v) is 9.12. The number of rotatable bonds is 7. The lowest BCUT2D eigenvalue weighted by molar-refractivity contribution is 0.247. The molecule has 2 nitrogen and oxygen atoms in total. The summed E-state index contributed by atoms with van der Waals surface area (Å²) in [7, 11) is 1.98. The first kappa shape index (κ1) is 15.2. The predicted molar refractivity (Wildman–Crippen MR) is 93.5 cm³/mol.